The summed E-state index contributed by atoms with van der Waals surface area (Å²) in [5, 5.41) is 0. The summed E-state index contributed by atoms with van der Waals surface area (Å²) in [5.41, 5.74) is -0.763. The number of aromatic amines is 3. The van der Waals surface area contributed by atoms with Gasteiger partial charge in [0.15, 0.2) is 0 Å². The van der Waals surface area contributed by atoms with Crippen molar-refractivity contribution in [3.05, 3.63) is 102 Å². The third kappa shape index (κ3) is 3.53. The minimum absolute atomic E-state index is 0.0750. The molecule has 1 aliphatic heterocycles. The van der Waals surface area contributed by atoms with Crippen LogP contribution in [0.2, 0.25) is 0 Å². The fourth-order valence-electron chi connectivity index (χ4n) is 3.87. The molecule has 0 saturated carbocycles. The molecule has 0 radical (unpaired) electrons. The van der Waals surface area contributed by atoms with Crippen molar-refractivity contribution in [2.45, 2.75) is 12.8 Å². The van der Waals surface area contributed by atoms with E-state index in [2.05, 4.69) is 19.9 Å². The van der Waals surface area contributed by atoms with Crippen LogP contribution in [-0.2, 0) is 4.79 Å². The van der Waals surface area contributed by atoms with E-state index in [1.807, 2.05) is 0 Å². The molecule has 0 spiro atoms. The van der Waals surface area contributed by atoms with E-state index < -0.39 is 28.7 Å². The average molecular weight is 444 g/mol. The van der Waals surface area contributed by atoms with Crippen LogP contribution < -0.4 is 26.3 Å². The highest BCUT2D eigenvalue weighted by Gasteiger charge is 2.36. The molecule has 1 atom stereocenters. The maximum absolute atomic E-state index is 13.3. The van der Waals surface area contributed by atoms with Gasteiger partial charge in [-0.1, -0.05) is 42.5 Å². The molecule has 0 aliphatic carbocycles. The molecule has 0 saturated heterocycles. The quantitative estimate of drug-likeness (QED) is 0.285. The number of hydrogen-bond donors (Lipinski definition) is 3. The monoisotopic (exact) mass is 444 g/mol. The predicted octanol–water partition coefficient (Wildman–Crippen LogP) is 2.02. The standard InChI is InChI=1S/C23H16N4O6/c1-11(28)32-14-10-6-5-9-13(14)18-24-19(29)16-15(12-7-3-2-4-8-12)17-20(30)26-23(31)27-22(17)33-21(16)25-18/h2-10,15H,1H3,(H,24,25,29)(H2,26,27,30,31). The second-order valence-corrected chi connectivity index (χ2v) is 7.32. The Bertz CT molecular complexity index is 1570. The van der Waals surface area contributed by atoms with Gasteiger partial charge in [0.1, 0.15) is 11.6 Å². The van der Waals surface area contributed by atoms with Crippen LogP contribution in [0.25, 0.3) is 11.4 Å². The maximum atomic E-state index is 13.3. The minimum atomic E-state index is -0.834. The molecule has 0 fully saturated rings. The largest absolute Gasteiger partial charge is 0.426 e. The molecular weight excluding hydrogens is 428 g/mol. The number of fused-ring (bicyclic) bond motifs is 2. The Balaban J connectivity index is 1.76. The zero-order chi connectivity index (χ0) is 23.1. The average Bonchev–Trinajstić information content (AvgIpc) is 2.78. The van der Waals surface area contributed by atoms with Crippen LogP contribution in [0, 0.1) is 0 Å². The van der Waals surface area contributed by atoms with E-state index in [4.69, 9.17) is 9.47 Å². The number of ether oxygens (including phenoxy) is 2. The first-order chi connectivity index (χ1) is 15.9. The molecule has 0 amide bonds. The first kappa shape index (κ1) is 20.2. The van der Waals surface area contributed by atoms with Crippen molar-refractivity contribution in [1.29, 1.82) is 0 Å². The smallest absolute Gasteiger partial charge is 0.328 e. The van der Waals surface area contributed by atoms with Crippen LogP contribution in [0.1, 0.15) is 29.5 Å². The second kappa shape index (κ2) is 7.75. The summed E-state index contributed by atoms with van der Waals surface area (Å²) in [6.45, 7) is 1.26. The highest BCUT2D eigenvalue weighted by atomic mass is 16.5. The summed E-state index contributed by atoms with van der Waals surface area (Å²) in [6, 6.07) is 15.4. The zero-order valence-electron chi connectivity index (χ0n) is 17.2. The molecule has 5 rings (SSSR count). The highest BCUT2D eigenvalue weighted by Crippen LogP contribution is 2.42. The van der Waals surface area contributed by atoms with Crippen LogP contribution in [0.15, 0.2) is 69.0 Å². The molecular formula is C23H16N4O6. The minimum Gasteiger partial charge on any atom is -0.426 e. The van der Waals surface area contributed by atoms with Crippen LogP contribution in [-0.4, -0.2) is 25.9 Å². The Morgan fingerprint density at radius 2 is 1.61 bits per heavy atom. The number of rotatable bonds is 3. The predicted molar refractivity (Wildman–Crippen MR) is 117 cm³/mol. The van der Waals surface area contributed by atoms with Crippen molar-refractivity contribution >= 4 is 5.97 Å². The topological polar surface area (TPSA) is 147 Å². The number of benzene rings is 2. The molecule has 2 aromatic carbocycles. The van der Waals surface area contributed by atoms with E-state index in [1.54, 1.807) is 54.6 Å². The van der Waals surface area contributed by atoms with Crippen LogP contribution in [0.5, 0.6) is 17.5 Å². The van der Waals surface area contributed by atoms with Crippen molar-refractivity contribution in [1.82, 2.24) is 19.9 Å². The Kier molecular flexibility index (Phi) is 4.74. The zero-order valence-corrected chi connectivity index (χ0v) is 17.2. The van der Waals surface area contributed by atoms with Gasteiger partial charge in [-0.25, -0.2) is 4.79 Å². The Morgan fingerprint density at radius 3 is 2.36 bits per heavy atom. The van der Waals surface area contributed by atoms with Crippen molar-refractivity contribution < 1.29 is 14.3 Å². The number of para-hydroxylation sites is 1. The lowest BCUT2D eigenvalue weighted by atomic mass is 9.86. The van der Waals surface area contributed by atoms with Crippen molar-refractivity contribution in [2.24, 2.45) is 0 Å². The second-order valence-electron chi connectivity index (χ2n) is 7.32. The molecule has 1 unspecified atom stereocenters. The summed E-state index contributed by atoms with van der Waals surface area (Å²) in [4.78, 5) is 61.2. The van der Waals surface area contributed by atoms with Gasteiger partial charge in [-0.3, -0.25) is 24.4 Å². The van der Waals surface area contributed by atoms with E-state index >= 15 is 0 Å². The molecule has 1 aliphatic rings. The summed E-state index contributed by atoms with van der Waals surface area (Å²) in [5.74, 6) is -1.24. The molecule has 0 bridgehead atoms. The number of carbonyl (C=O) groups excluding carboxylic acids is 1. The van der Waals surface area contributed by atoms with Crippen LogP contribution >= 0.6 is 0 Å². The van der Waals surface area contributed by atoms with Crippen molar-refractivity contribution in [2.75, 3.05) is 0 Å². The third-order valence-electron chi connectivity index (χ3n) is 5.17. The van der Waals surface area contributed by atoms with E-state index in [-0.39, 0.29) is 34.5 Å². The first-order valence-corrected chi connectivity index (χ1v) is 9.93. The van der Waals surface area contributed by atoms with Gasteiger partial charge in [0.2, 0.25) is 11.8 Å². The molecule has 3 N–H and O–H groups in total. The third-order valence-corrected chi connectivity index (χ3v) is 5.17. The SMILES string of the molecule is CC(=O)Oc1ccccc1-c1nc2c(c(=O)[nH]1)C(c1ccccc1)c1c([nH]c(=O)[nH]c1=O)O2. The molecule has 10 nitrogen and oxygen atoms in total. The van der Waals surface area contributed by atoms with Gasteiger partial charge in [-0.2, -0.15) is 4.98 Å². The van der Waals surface area contributed by atoms with Gasteiger partial charge in [0.25, 0.3) is 11.1 Å². The molecule has 4 aromatic rings. The number of carbonyl (C=O) groups is 1. The summed E-state index contributed by atoms with van der Waals surface area (Å²) < 4.78 is 11.0. The molecule has 10 heteroatoms. The summed E-state index contributed by atoms with van der Waals surface area (Å²) in [7, 11) is 0. The lowest BCUT2D eigenvalue weighted by Crippen LogP contribution is -2.33. The fraction of sp³-hybridized carbons (Fsp3) is 0.0870. The van der Waals surface area contributed by atoms with Gasteiger partial charge in [-0.15, -0.1) is 0 Å². The van der Waals surface area contributed by atoms with Crippen LogP contribution in [0.4, 0.5) is 0 Å². The molecule has 164 valence electrons. The number of hydrogen-bond acceptors (Lipinski definition) is 7. The maximum Gasteiger partial charge on any atom is 0.328 e. The normalized spacial score (nSPS) is 14.0. The lowest BCUT2D eigenvalue weighted by Gasteiger charge is -2.25. The lowest BCUT2D eigenvalue weighted by molar-refractivity contribution is -0.131. The number of aromatic nitrogens is 4. The molecule has 2 aromatic heterocycles. The number of nitrogens with one attached hydrogen (secondary N) is 3. The van der Waals surface area contributed by atoms with E-state index in [9.17, 15) is 19.2 Å². The molecule has 33 heavy (non-hydrogen) atoms. The molecule has 3 heterocycles. The Morgan fingerprint density at radius 1 is 0.909 bits per heavy atom. The Hall–Kier alpha value is -4.73. The van der Waals surface area contributed by atoms with Gasteiger partial charge in [-0.05, 0) is 17.7 Å². The number of nitrogens with zero attached hydrogens (tertiary/aromatic N) is 1. The van der Waals surface area contributed by atoms with Crippen LogP contribution in [0.3, 0.4) is 0 Å². The summed E-state index contributed by atoms with van der Waals surface area (Å²) >= 11 is 0. The van der Waals surface area contributed by atoms with Crippen molar-refractivity contribution in [3.63, 3.8) is 0 Å². The number of esters is 1. The van der Waals surface area contributed by atoms with Gasteiger partial charge >= 0.3 is 11.7 Å². The van der Waals surface area contributed by atoms with Crippen molar-refractivity contribution in [3.8, 4) is 28.9 Å². The fourth-order valence-corrected chi connectivity index (χ4v) is 3.87. The van der Waals surface area contributed by atoms with E-state index in [1.165, 1.54) is 6.92 Å². The van der Waals surface area contributed by atoms with Gasteiger partial charge in [0.05, 0.1) is 22.6 Å². The summed E-state index contributed by atoms with van der Waals surface area (Å²) in [6.07, 6.45) is 0. The van der Waals surface area contributed by atoms with E-state index in [0.717, 1.165) is 0 Å². The van der Waals surface area contributed by atoms with E-state index in [0.29, 0.717) is 11.1 Å². The number of H-pyrrole nitrogens is 3. The van der Waals surface area contributed by atoms with Gasteiger partial charge in [0, 0.05) is 6.92 Å². The van der Waals surface area contributed by atoms with Gasteiger partial charge < -0.3 is 14.5 Å². The first-order valence-electron chi connectivity index (χ1n) is 9.93. The highest BCUT2D eigenvalue weighted by molar-refractivity contribution is 5.74. The Labute approximate surface area is 184 Å².